The number of nitrogens with zero attached hydrogens (tertiary/aromatic N) is 2. The Bertz CT molecular complexity index is 609. The highest BCUT2D eigenvalue weighted by Gasteiger charge is 2.04. The number of rotatable bonds is 3. The van der Waals surface area contributed by atoms with E-state index in [9.17, 15) is 0 Å². The summed E-state index contributed by atoms with van der Waals surface area (Å²) in [6, 6.07) is 16.5. The van der Waals surface area contributed by atoms with Crippen LogP contribution >= 0.6 is 12.2 Å². The number of nitrogens with one attached hydrogen (secondary N) is 1. The van der Waals surface area contributed by atoms with E-state index < -0.39 is 0 Å². The molecule has 21 heavy (non-hydrogen) atoms. The van der Waals surface area contributed by atoms with E-state index >= 15 is 0 Å². The van der Waals surface area contributed by atoms with Gasteiger partial charge >= 0.3 is 0 Å². The molecule has 0 aliphatic heterocycles. The summed E-state index contributed by atoms with van der Waals surface area (Å²) in [7, 11) is 4.00. The first kappa shape index (κ1) is 15.0. The van der Waals surface area contributed by atoms with Gasteiger partial charge in [0.05, 0.1) is 6.21 Å². The number of anilines is 1. The predicted octanol–water partition coefficient (Wildman–Crippen LogP) is 2.59. The number of fused-ring (bicyclic) bond motifs is 1. The molecule has 1 aromatic rings. The molecule has 0 saturated carbocycles. The molecule has 108 valence electrons. The Hall–Kier alpha value is -2.40. The first-order valence-corrected chi connectivity index (χ1v) is 6.93. The zero-order valence-corrected chi connectivity index (χ0v) is 12.9. The van der Waals surface area contributed by atoms with Gasteiger partial charge in [0.15, 0.2) is 5.11 Å². The average molecular weight is 298 g/mol. The van der Waals surface area contributed by atoms with E-state index in [0.717, 1.165) is 11.3 Å². The maximum atomic E-state index is 5.22. The summed E-state index contributed by atoms with van der Waals surface area (Å²) in [5, 5.41) is 4.02. The largest absolute Gasteiger partial charge is 0.378 e. The lowest BCUT2D eigenvalue weighted by Gasteiger charge is -2.11. The van der Waals surface area contributed by atoms with Gasteiger partial charge in [-0.25, -0.2) is 0 Å². The van der Waals surface area contributed by atoms with Gasteiger partial charge in [0.2, 0.25) is 0 Å². The fourth-order valence-electron chi connectivity index (χ4n) is 1.69. The van der Waals surface area contributed by atoms with Gasteiger partial charge in [-0.1, -0.05) is 36.4 Å². The Balaban J connectivity index is 0.000000218. The van der Waals surface area contributed by atoms with Crippen molar-refractivity contribution >= 4 is 29.2 Å². The molecular weight excluding hydrogens is 280 g/mol. The van der Waals surface area contributed by atoms with Crippen LogP contribution in [0.1, 0.15) is 5.56 Å². The third kappa shape index (κ3) is 4.29. The molecule has 1 aromatic carbocycles. The van der Waals surface area contributed by atoms with Gasteiger partial charge in [-0.05, 0) is 41.0 Å². The van der Waals surface area contributed by atoms with Gasteiger partial charge in [-0.15, -0.1) is 0 Å². The monoisotopic (exact) mass is 298 g/mol. The zero-order chi connectivity index (χ0) is 15.2. The number of benzene rings is 2. The first-order chi connectivity index (χ1) is 10.1. The Labute approximate surface area is 130 Å². The molecule has 2 aliphatic carbocycles. The molecule has 0 heterocycles. The van der Waals surface area contributed by atoms with Crippen molar-refractivity contribution in [3.8, 4) is 11.1 Å². The molecule has 2 aliphatic rings. The lowest BCUT2D eigenvalue weighted by Crippen LogP contribution is -2.23. The first-order valence-electron chi connectivity index (χ1n) is 6.52. The van der Waals surface area contributed by atoms with Gasteiger partial charge in [-0.3, -0.25) is 5.43 Å². The fraction of sp³-hybridized carbons (Fsp3) is 0.125. The minimum absolute atomic E-state index is 0.163. The molecule has 0 bridgehead atoms. The molecular formula is C16H18N4S. The van der Waals surface area contributed by atoms with Crippen LogP contribution in [0.15, 0.2) is 53.6 Å². The standard InChI is InChI=1S/C10H14N4S.C6H4/c1-14(2)9-5-3-8(4-6-9)7-12-13-10(11)15;1-2-6-4-3-5(1)6/h3-7H,1-2H3,(H3,11,13,15);1-4H. The lowest BCUT2D eigenvalue weighted by atomic mass is 9.95. The normalized spacial score (nSPS) is 10.6. The highest BCUT2D eigenvalue weighted by molar-refractivity contribution is 7.80. The Morgan fingerprint density at radius 3 is 1.90 bits per heavy atom. The lowest BCUT2D eigenvalue weighted by molar-refractivity contribution is 1.04. The van der Waals surface area contributed by atoms with E-state index in [1.807, 2.05) is 43.3 Å². The number of hydrogen-bond donors (Lipinski definition) is 2. The molecule has 0 unspecified atom stereocenters. The number of hydrazone groups is 1. The van der Waals surface area contributed by atoms with Crippen molar-refractivity contribution in [3.05, 3.63) is 54.1 Å². The molecule has 0 aromatic heterocycles. The van der Waals surface area contributed by atoms with Gasteiger partial charge in [0.25, 0.3) is 0 Å². The van der Waals surface area contributed by atoms with Gasteiger partial charge in [-0.2, -0.15) is 5.10 Å². The molecule has 3 N–H and O–H groups in total. The molecule has 0 fully saturated rings. The SMILES string of the molecule is CN(C)c1ccc(C=NNC(N)=S)cc1.c1cc2ccc1-2. The van der Waals surface area contributed by atoms with Crippen LogP contribution in [0.2, 0.25) is 0 Å². The minimum atomic E-state index is 0.163. The van der Waals surface area contributed by atoms with Crippen LogP contribution in [0.25, 0.3) is 11.1 Å². The minimum Gasteiger partial charge on any atom is -0.378 e. The van der Waals surface area contributed by atoms with Crippen molar-refractivity contribution in [1.29, 1.82) is 0 Å². The van der Waals surface area contributed by atoms with E-state index in [2.05, 4.69) is 47.0 Å². The third-order valence-electron chi connectivity index (χ3n) is 3.02. The molecule has 0 radical (unpaired) electrons. The fourth-order valence-corrected chi connectivity index (χ4v) is 1.74. The molecule has 0 amide bonds. The quantitative estimate of drug-likeness (QED) is 0.443. The van der Waals surface area contributed by atoms with Crippen molar-refractivity contribution in [3.63, 3.8) is 0 Å². The molecule has 3 rings (SSSR count). The maximum absolute atomic E-state index is 5.22. The summed E-state index contributed by atoms with van der Waals surface area (Å²) < 4.78 is 0. The zero-order valence-electron chi connectivity index (χ0n) is 12.1. The van der Waals surface area contributed by atoms with E-state index in [-0.39, 0.29) is 5.11 Å². The van der Waals surface area contributed by atoms with E-state index in [1.54, 1.807) is 6.21 Å². The smallest absolute Gasteiger partial charge is 0.184 e. The second-order valence-electron chi connectivity index (χ2n) is 4.80. The van der Waals surface area contributed by atoms with Crippen molar-refractivity contribution in [2.75, 3.05) is 19.0 Å². The highest BCUT2D eigenvalue weighted by Crippen LogP contribution is 2.29. The van der Waals surface area contributed by atoms with Crippen LogP contribution < -0.4 is 16.1 Å². The number of hydrogen-bond acceptors (Lipinski definition) is 3. The van der Waals surface area contributed by atoms with Crippen LogP contribution in [0.3, 0.4) is 0 Å². The van der Waals surface area contributed by atoms with E-state index in [1.165, 1.54) is 11.1 Å². The van der Waals surface area contributed by atoms with Gasteiger partial charge in [0, 0.05) is 19.8 Å². The number of thiocarbonyl (C=S) groups is 1. The van der Waals surface area contributed by atoms with Crippen molar-refractivity contribution in [1.82, 2.24) is 5.43 Å². The second-order valence-corrected chi connectivity index (χ2v) is 5.24. The van der Waals surface area contributed by atoms with Crippen molar-refractivity contribution in [2.45, 2.75) is 0 Å². The van der Waals surface area contributed by atoms with Crippen LogP contribution in [-0.4, -0.2) is 25.4 Å². The van der Waals surface area contributed by atoms with Crippen LogP contribution in [0, 0.1) is 0 Å². The van der Waals surface area contributed by atoms with Gasteiger partial charge in [0.1, 0.15) is 0 Å². The molecule has 0 saturated heterocycles. The summed E-state index contributed by atoms with van der Waals surface area (Å²) in [5.41, 5.74) is 12.7. The molecule has 0 atom stereocenters. The van der Waals surface area contributed by atoms with E-state index in [4.69, 9.17) is 5.73 Å². The topological polar surface area (TPSA) is 53.6 Å². The van der Waals surface area contributed by atoms with Crippen molar-refractivity contribution < 1.29 is 0 Å². The summed E-state index contributed by atoms with van der Waals surface area (Å²) in [6.07, 6.45) is 1.67. The molecule has 0 spiro atoms. The van der Waals surface area contributed by atoms with Crippen LogP contribution in [-0.2, 0) is 0 Å². The Kier molecular flexibility index (Phi) is 4.90. The third-order valence-corrected chi connectivity index (χ3v) is 3.11. The summed E-state index contributed by atoms with van der Waals surface area (Å²) in [5.74, 6) is 0. The predicted molar refractivity (Wildman–Crippen MR) is 93.7 cm³/mol. The summed E-state index contributed by atoms with van der Waals surface area (Å²) >= 11 is 4.61. The Morgan fingerprint density at radius 2 is 1.57 bits per heavy atom. The second kappa shape index (κ2) is 6.85. The highest BCUT2D eigenvalue weighted by atomic mass is 32.1. The van der Waals surface area contributed by atoms with Crippen LogP contribution in [0.4, 0.5) is 5.69 Å². The summed E-state index contributed by atoms with van der Waals surface area (Å²) in [6.45, 7) is 0. The molecule has 5 heteroatoms. The van der Waals surface area contributed by atoms with E-state index in [0.29, 0.717) is 0 Å². The number of nitrogens with two attached hydrogens (primary N) is 1. The molecule has 4 nitrogen and oxygen atoms in total. The van der Waals surface area contributed by atoms with Crippen molar-refractivity contribution in [2.24, 2.45) is 10.8 Å². The maximum Gasteiger partial charge on any atom is 0.184 e. The Morgan fingerprint density at radius 1 is 1.05 bits per heavy atom. The van der Waals surface area contributed by atoms with Gasteiger partial charge < -0.3 is 10.6 Å². The average Bonchev–Trinajstić information content (AvgIpc) is 2.43. The summed E-state index contributed by atoms with van der Waals surface area (Å²) in [4.78, 5) is 2.04. The van der Waals surface area contributed by atoms with Crippen LogP contribution in [0.5, 0.6) is 0 Å².